The highest BCUT2D eigenvalue weighted by Gasteiger charge is 2.52. The van der Waals surface area contributed by atoms with Crippen LogP contribution in [0.3, 0.4) is 0 Å². The normalized spacial score (nSPS) is 19.3. The summed E-state index contributed by atoms with van der Waals surface area (Å²) < 4.78 is 24.3. The van der Waals surface area contributed by atoms with E-state index in [1.165, 1.54) is 23.1 Å². The summed E-state index contributed by atoms with van der Waals surface area (Å²) in [6.45, 7) is 5.98. The van der Waals surface area contributed by atoms with Gasteiger partial charge in [0.05, 0.1) is 25.1 Å². The van der Waals surface area contributed by atoms with Gasteiger partial charge in [0.25, 0.3) is 0 Å². The number of benzene rings is 1. The van der Waals surface area contributed by atoms with Gasteiger partial charge in [0, 0.05) is 0 Å². The van der Waals surface area contributed by atoms with Crippen molar-refractivity contribution in [2.75, 3.05) is 13.1 Å². The van der Waals surface area contributed by atoms with Crippen molar-refractivity contribution >= 4 is 11.9 Å². The van der Waals surface area contributed by atoms with E-state index in [4.69, 9.17) is 9.47 Å². The van der Waals surface area contributed by atoms with Crippen LogP contribution in [0.1, 0.15) is 37.6 Å². The van der Waals surface area contributed by atoms with Gasteiger partial charge in [-0.15, -0.1) is 0 Å². The highest BCUT2D eigenvalue weighted by molar-refractivity contribution is 6.00. The third kappa shape index (κ3) is 2.65. The van der Waals surface area contributed by atoms with E-state index in [0.717, 1.165) is 0 Å². The third-order valence-corrected chi connectivity index (χ3v) is 3.66. The Morgan fingerprint density at radius 3 is 2.68 bits per heavy atom. The maximum absolute atomic E-state index is 13.2. The van der Waals surface area contributed by atoms with Crippen LogP contribution in [-0.2, 0) is 4.74 Å². The van der Waals surface area contributed by atoms with Gasteiger partial charge in [-0.1, -0.05) is 0 Å². The van der Waals surface area contributed by atoms with Gasteiger partial charge in [-0.2, -0.15) is 0 Å². The minimum absolute atomic E-state index is 0.142. The van der Waals surface area contributed by atoms with Gasteiger partial charge in [0.1, 0.15) is 17.2 Å². The van der Waals surface area contributed by atoms with Gasteiger partial charge < -0.3 is 9.47 Å². The average molecular weight is 307 g/mol. The number of hydrogen-bond donors (Lipinski definition) is 0. The van der Waals surface area contributed by atoms with Crippen LogP contribution in [-0.4, -0.2) is 41.1 Å². The van der Waals surface area contributed by atoms with Gasteiger partial charge in [-0.25, -0.2) is 9.18 Å². The van der Waals surface area contributed by atoms with Crippen molar-refractivity contribution in [3.05, 3.63) is 29.6 Å². The molecule has 0 N–H and O–H groups in total. The molecule has 22 heavy (non-hydrogen) atoms. The minimum Gasteiger partial charge on any atom is -0.482 e. The van der Waals surface area contributed by atoms with Crippen LogP contribution in [0.5, 0.6) is 5.75 Å². The van der Waals surface area contributed by atoms with Crippen LogP contribution < -0.4 is 4.74 Å². The summed E-state index contributed by atoms with van der Waals surface area (Å²) in [5.41, 5.74) is -1.01. The Bertz CT molecular complexity index is 644. The second kappa shape index (κ2) is 4.69. The van der Waals surface area contributed by atoms with Crippen molar-refractivity contribution in [3.8, 4) is 5.75 Å². The zero-order chi connectivity index (χ0) is 16.1. The molecule has 0 aromatic heterocycles. The Labute approximate surface area is 128 Å². The highest BCUT2D eigenvalue weighted by Crippen LogP contribution is 2.39. The minimum atomic E-state index is -0.710. The number of carbonyl (C=O) groups excluding carboxylic acids is 2. The fourth-order valence-corrected chi connectivity index (χ4v) is 2.75. The molecule has 0 atom stereocenters. The number of fused-ring (bicyclic) bond motifs is 1. The number of ether oxygens (including phenoxy) is 2. The Hall–Kier alpha value is -2.11. The molecular formula is C16H18FNO4. The quantitative estimate of drug-likeness (QED) is 0.739. The first kappa shape index (κ1) is 14.8. The predicted octanol–water partition coefficient (Wildman–Crippen LogP) is 2.78. The number of nitrogens with zero attached hydrogens (tertiary/aromatic N) is 1. The topological polar surface area (TPSA) is 55.8 Å². The number of carbonyl (C=O) groups is 2. The van der Waals surface area contributed by atoms with Gasteiger partial charge in [-0.05, 0) is 39.0 Å². The number of likely N-dealkylation sites (tertiary alicyclic amines) is 1. The first-order valence-electron chi connectivity index (χ1n) is 7.17. The van der Waals surface area contributed by atoms with Crippen LogP contribution in [0.4, 0.5) is 9.18 Å². The maximum atomic E-state index is 13.2. The monoisotopic (exact) mass is 307 g/mol. The van der Waals surface area contributed by atoms with E-state index in [1.807, 2.05) is 0 Å². The molecule has 1 aromatic carbocycles. The lowest BCUT2D eigenvalue weighted by Gasteiger charge is -2.50. The molecule has 118 valence electrons. The van der Waals surface area contributed by atoms with Gasteiger partial charge in [-0.3, -0.25) is 9.69 Å². The Morgan fingerprint density at radius 1 is 1.36 bits per heavy atom. The molecule has 0 unspecified atom stereocenters. The molecular weight excluding hydrogens is 289 g/mol. The van der Waals surface area contributed by atoms with E-state index in [1.54, 1.807) is 20.8 Å². The number of halogens is 1. The lowest BCUT2D eigenvalue weighted by molar-refractivity contribution is -0.0847. The predicted molar refractivity (Wildman–Crippen MR) is 76.5 cm³/mol. The van der Waals surface area contributed by atoms with Crippen molar-refractivity contribution in [1.29, 1.82) is 0 Å². The molecule has 1 spiro atoms. The smallest absolute Gasteiger partial charge is 0.410 e. The number of amides is 1. The van der Waals surface area contributed by atoms with E-state index >= 15 is 0 Å². The Morgan fingerprint density at radius 2 is 2.05 bits per heavy atom. The van der Waals surface area contributed by atoms with E-state index in [0.29, 0.717) is 18.8 Å². The molecule has 5 nitrogen and oxygen atoms in total. The largest absolute Gasteiger partial charge is 0.482 e. The Kier molecular flexibility index (Phi) is 3.16. The fraction of sp³-hybridized carbons (Fsp3) is 0.500. The standard InChI is InChI=1S/C16H18FNO4/c1-15(2,3)22-14(20)18-8-16(9-18)7-12(19)11-6-10(17)4-5-13(11)21-16/h4-6H,7-9H2,1-3H3. The van der Waals surface area contributed by atoms with Crippen LogP contribution in [0, 0.1) is 5.82 Å². The summed E-state index contributed by atoms with van der Waals surface area (Å²) in [4.78, 5) is 25.6. The maximum Gasteiger partial charge on any atom is 0.410 e. The molecule has 6 heteroatoms. The van der Waals surface area contributed by atoms with Gasteiger partial charge in [0.15, 0.2) is 11.4 Å². The van der Waals surface area contributed by atoms with Crippen molar-refractivity contribution in [1.82, 2.24) is 4.90 Å². The summed E-state index contributed by atoms with van der Waals surface area (Å²) in [5.74, 6) is -0.248. The second-order valence-electron chi connectivity index (χ2n) is 6.86. The van der Waals surface area contributed by atoms with Crippen molar-refractivity contribution in [3.63, 3.8) is 0 Å². The molecule has 2 heterocycles. The van der Waals surface area contributed by atoms with E-state index in [2.05, 4.69) is 0 Å². The van der Waals surface area contributed by atoms with Crippen LogP contribution >= 0.6 is 0 Å². The van der Waals surface area contributed by atoms with Crippen LogP contribution in [0.2, 0.25) is 0 Å². The summed E-state index contributed by atoms with van der Waals surface area (Å²) >= 11 is 0. The number of Topliss-reactive ketones (excluding diaryl/α,β-unsaturated/α-hetero) is 1. The number of ketones is 1. The Balaban J connectivity index is 1.70. The summed E-state index contributed by atoms with van der Waals surface area (Å²) in [7, 11) is 0. The molecule has 0 aliphatic carbocycles. The zero-order valence-electron chi connectivity index (χ0n) is 12.8. The highest BCUT2D eigenvalue weighted by atomic mass is 19.1. The number of hydrogen-bond acceptors (Lipinski definition) is 4. The van der Waals surface area contributed by atoms with Gasteiger partial charge in [0.2, 0.25) is 0 Å². The van der Waals surface area contributed by atoms with Crippen LogP contribution in [0.25, 0.3) is 0 Å². The van der Waals surface area contributed by atoms with Crippen molar-refractivity contribution < 1.29 is 23.5 Å². The van der Waals surface area contributed by atoms with Crippen molar-refractivity contribution in [2.24, 2.45) is 0 Å². The second-order valence-corrected chi connectivity index (χ2v) is 6.86. The zero-order valence-corrected chi connectivity index (χ0v) is 12.8. The molecule has 0 saturated carbocycles. The summed E-state index contributed by atoms with van der Waals surface area (Å²) in [5, 5.41) is 0. The molecule has 3 rings (SSSR count). The summed E-state index contributed by atoms with van der Waals surface area (Å²) in [6, 6.07) is 3.91. The molecule has 2 aliphatic rings. The number of rotatable bonds is 0. The molecule has 1 saturated heterocycles. The van der Waals surface area contributed by atoms with E-state index in [-0.39, 0.29) is 17.8 Å². The van der Waals surface area contributed by atoms with Crippen molar-refractivity contribution in [2.45, 2.75) is 38.4 Å². The average Bonchev–Trinajstić information content (AvgIpc) is 2.34. The molecule has 2 aliphatic heterocycles. The molecule has 1 fully saturated rings. The van der Waals surface area contributed by atoms with E-state index in [9.17, 15) is 14.0 Å². The molecule has 1 aromatic rings. The third-order valence-electron chi connectivity index (χ3n) is 3.66. The fourth-order valence-electron chi connectivity index (χ4n) is 2.75. The van der Waals surface area contributed by atoms with Gasteiger partial charge >= 0.3 is 6.09 Å². The molecule has 0 radical (unpaired) electrons. The van der Waals surface area contributed by atoms with E-state index < -0.39 is 23.1 Å². The lowest BCUT2D eigenvalue weighted by atomic mass is 9.84. The summed E-state index contributed by atoms with van der Waals surface area (Å²) in [6.07, 6.45) is -0.276. The lowest BCUT2D eigenvalue weighted by Crippen LogP contribution is -2.68. The SMILES string of the molecule is CC(C)(C)OC(=O)N1CC2(CC(=O)c3cc(F)ccc3O2)C1. The molecule has 0 bridgehead atoms. The molecule has 1 amide bonds. The first-order chi connectivity index (χ1) is 10.2. The first-order valence-corrected chi connectivity index (χ1v) is 7.17. The van der Waals surface area contributed by atoms with Crippen LogP contribution in [0.15, 0.2) is 18.2 Å².